The lowest BCUT2D eigenvalue weighted by atomic mass is 10.1. The molecule has 1 aromatic carbocycles. The van der Waals surface area contributed by atoms with E-state index >= 15 is 0 Å². The lowest BCUT2D eigenvalue weighted by molar-refractivity contribution is 0.488. The van der Waals surface area contributed by atoms with Gasteiger partial charge in [0.15, 0.2) is 0 Å². The van der Waals surface area contributed by atoms with Crippen LogP contribution in [0.5, 0.6) is 0 Å². The first kappa shape index (κ1) is 12.3. The third-order valence-corrected chi connectivity index (χ3v) is 3.55. The summed E-state index contributed by atoms with van der Waals surface area (Å²) < 4.78 is 28.6. The van der Waals surface area contributed by atoms with E-state index in [2.05, 4.69) is 10.4 Å². The Balaban J connectivity index is 2.00. The molecule has 1 aliphatic rings. The van der Waals surface area contributed by atoms with Gasteiger partial charge in [0, 0.05) is 29.9 Å². The van der Waals surface area contributed by atoms with Crippen LogP contribution in [-0.2, 0) is 0 Å². The maximum atomic E-state index is 13.8. The highest BCUT2D eigenvalue weighted by atomic mass is 19.1. The van der Waals surface area contributed by atoms with Gasteiger partial charge in [-0.2, -0.15) is 5.10 Å². The van der Waals surface area contributed by atoms with Gasteiger partial charge < -0.3 is 5.32 Å². The van der Waals surface area contributed by atoms with Crippen molar-refractivity contribution in [1.29, 1.82) is 0 Å². The molecular weight excluding hydrogens is 248 g/mol. The van der Waals surface area contributed by atoms with E-state index in [1.807, 2.05) is 17.8 Å². The van der Waals surface area contributed by atoms with Gasteiger partial charge in [0.05, 0.1) is 11.7 Å². The highest BCUT2D eigenvalue weighted by Crippen LogP contribution is 2.28. The molecule has 1 aromatic heterocycles. The summed E-state index contributed by atoms with van der Waals surface area (Å²) in [6.07, 6.45) is 2.87. The third-order valence-electron chi connectivity index (χ3n) is 3.55. The summed E-state index contributed by atoms with van der Waals surface area (Å²) >= 11 is 0. The largest absolute Gasteiger partial charge is 0.315 e. The van der Waals surface area contributed by atoms with Crippen LogP contribution in [0.1, 0.15) is 18.2 Å². The van der Waals surface area contributed by atoms with Crippen LogP contribution in [0, 0.1) is 18.6 Å². The fourth-order valence-electron chi connectivity index (χ4n) is 2.51. The van der Waals surface area contributed by atoms with Gasteiger partial charge in [0.2, 0.25) is 0 Å². The molecule has 3 rings (SSSR count). The zero-order valence-electron chi connectivity index (χ0n) is 10.7. The van der Waals surface area contributed by atoms with Crippen molar-refractivity contribution in [3.05, 3.63) is 41.7 Å². The van der Waals surface area contributed by atoms with Crippen LogP contribution in [0.15, 0.2) is 24.4 Å². The zero-order valence-corrected chi connectivity index (χ0v) is 10.7. The summed E-state index contributed by atoms with van der Waals surface area (Å²) in [5.74, 6) is -1.11. The van der Waals surface area contributed by atoms with E-state index in [1.165, 1.54) is 12.1 Å². The van der Waals surface area contributed by atoms with Crippen molar-refractivity contribution >= 4 is 0 Å². The number of rotatable bonds is 2. The maximum absolute atomic E-state index is 13.8. The van der Waals surface area contributed by atoms with Crippen molar-refractivity contribution in [3.63, 3.8) is 0 Å². The minimum absolute atomic E-state index is 0.316. The zero-order chi connectivity index (χ0) is 13.4. The van der Waals surface area contributed by atoms with E-state index in [0.29, 0.717) is 11.6 Å². The van der Waals surface area contributed by atoms with E-state index in [0.717, 1.165) is 36.8 Å². The summed E-state index contributed by atoms with van der Waals surface area (Å²) in [6, 6.07) is 3.96. The monoisotopic (exact) mass is 263 g/mol. The van der Waals surface area contributed by atoms with Crippen LogP contribution in [0.4, 0.5) is 8.78 Å². The first-order valence-corrected chi connectivity index (χ1v) is 6.37. The minimum atomic E-state index is -0.564. The molecule has 0 spiro atoms. The lowest BCUT2D eigenvalue weighted by Gasteiger charge is -2.07. The molecule has 0 saturated carbocycles. The summed E-state index contributed by atoms with van der Waals surface area (Å²) in [7, 11) is 0. The van der Waals surface area contributed by atoms with Crippen molar-refractivity contribution in [2.75, 3.05) is 13.1 Å². The van der Waals surface area contributed by atoms with E-state index in [1.54, 1.807) is 0 Å². The van der Waals surface area contributed by atoms with Gasteiger partial charge in [-0.15, -0.1) is 0 Å². The van der Waals surface area contributed by atoms with Crippen molar-refractivity contribution in [2.45, 2.75) is 19.4 Å². The van der Waals surface area contributed by atoms with Gasteiger partial charge in [0.25, 0.3) is 0 Å². The molecule has 0 amide bonds. The SMILES string of the molecule is Cc1nn(C2CCNC2)cc1-c1ccc(F)cc1F. The highest BCUT2D eigenvalue weighted by Gasteiger charge is 2.20. The number of hydrogen-bond acceptors (Lipinski definition) is 2. The molecule has 1 N–H and O–H groups in total. The second-order valence-corrected chi connectivity index (χ2v) is 4.88. The number of nitrogens with one attached hydrogen (secondary N) is 1. The van der Waals surface area contributed by atoms with Gasteiger partial charge in [0.1, 0.15) is 11.6 Å². The van der Waals surface area contributed by atoms with E-state index in [4.69, 9.17) is 0 Å². The van der Waals surface area contributed by atoms with Gasteiger partial charge >= 0.3 is 0 Å². The Hall–Kier alpha value is -1.75. The van der Waals surface area contributed by atoms with Crippen molar-refractivity contribution < 1.29 is 8.78 Å². The number of aryl methyl sites for hydroxylation is 1. The highest BCUT2D eigenvalue weighted by molar-refractivity contribution is 5.65. The average molecular weight is 263 g/mol. The Morgan fingerprint density at radius 3 is 2.84 bits per heavy atom. The molecular formula is C14H15F2N3. The second kappa shape index (κ2) is 4.74. The van der Waals surface area contributed by atoms with Crippen LogP contribution in [-0.4, -0.2) is 22.9 Å². The molecule has 100 valence electrons. The molecule has 1 saturated heterocycles. The molecule has 5 heteroatoms. The number of aromatic nitrogens is 2. The van der Waals surface area contributed by atoms with Crippen LogP contribution >= 0.6 is 0 Å². The molecule has 0 aliphatic carbocycles. The number of hydrogen-bond donors (Lipinski definition) is 1. The first-order valence-electron chi connectivity index (χ1n) is 6.37. The topological polar surface area (TPSA) is 29.9 Å². The van der Waals surface area contributed by atoms with Gasteiger partial charge in [-0.25, -0.2) is 8.78 Å². The number of nitrogens with zero attached hydrogens (tertiary/aromatic N) is 2. The summed E-state index contributed by atoms with van der Waals surface area (Å²) in [5, 5.41) is 7.72. The smallest absolute Gasteiger partial charge is 0.134 e. The van der Waals surface area contributed by atoms with E-state index in [9.17, 15) is 8.78 Å². The molecule has 0 bridgehead atoms. The number of halogens is 2. The fourth-order valence-corrected chi connectivity index (χ4v) is 2.51. The Morgan fingerprint density at radius 2 is 2.16 bits per heavy atom. The average Bonchev–Trinajstić information content (AvgIpc) is 2.98. The van der Waals surface area contributed by atoms with Gasteiger partial charge in [-0.1, -0.05) is 0 Å². The second-order valence-electron chi connectivity index (χ2n) is 4.88. The van der Waals surface area contributed by atoms with Crippen molar-refractivity contribution in [1.82, 2.24) is 15.1 Å². The Kier molecular flexibility index (Phi) is 3.06. The molecule has 1 unspecified atom stereocenters. The molecule has 2 aromatic rings. The van der Waals surface area contributed by atoms with Crippen molar-refractivity contribution in [2.24, 2.45) is 0 Å². The van der Waals surface area contributed by atoms with Crippen molar-refractivity contribution in [3.8, 4) is 11.1 Å². The van der Waals surface area contributed by atoms with Gasteiger partial charge in [-0.3, -0.25) is 4.68 Å². The van der Waals surface area contributed by atoms with Crippen LogP contribution in [0.3, 0.4) is 0 Å². The van der Waals surface area contributed by atoms with Crippen LogP contribution < -0.4 is 5.32 Å². The Labute approximate surface area is 110 Å². The summed E-state index contributed by atoms with van der Waals surface area (Å²) in [4.78, 5) is 0. The quantitative estimate of drug-likeness (QED) is 0.902. The van der Waals surface area contributed by atoms with Crippen LogP contribution in [0.25, 0.3) is 11.1 Å². The molecule has 2 heterocycles. The molecule has 1 aliphatic heterocycles. The van der Waals surface area contributed by atoms with E-state index in [-0.39, 0.29) is 0 Å². The Bertz CT molecular complexity index is 601. The Morgan fingerprint density at radius 1 is 1.32 bits per heavy atom. The predicted molar refractivity (Wildman–Crippen MR) is 68.8 cm³/mol. The lowest BCUT2D eigenvalue weighted by Crippen LogP contribution is -2.13. The van der Waals surface area contributed by atoms with E-state index < -0.39 is 11.6 Å². The summed E-state index contributed by atoms with van der Waals surface area (Å²) in [6.45, 7) is 3.70. The molecule has 1 atom stereocenters. The van der Waals surface area contributed by atoms with Gasteiger partial charge in [-0.05, 0) is 32.0 Å². The first-order chi connectivity index (χ1) is 9.15. The normalized spacial score (nSPS) is 19.0. The van der Waals surface area contributed by atoms with Crippen LogP contribution in [0.2, 0.25) is 0 Å². The molecule has 0 radical (unpaired) electrons. The molecule has 19 heavy (non-hydrogen) atoms. The predicted octanol–water partition coefficient (Wildman–Crippen LogP) is 2.67. The maximum Gasteiger partial charge on any atom is 0.134 e. The minimum Gasteiger partial charge on any atom is -0.315 e. The molecule has 1 fully saturated rings. The fraction of sp³-hybridized carbons (Fsp3) is 0.357. The summed E-state index contributed by atoms with van der Waals surface area (Å²) in [5.41, 5.74) is 1.89. The number of benzene rings is 1. The molecule has 3 nitrogen and oxygen atoms in total. The third kappa shape index (κ3) is 2.26. The standard InChI is InChI=1S/C14H15F2N3/c1-9-13(12-3-2-10(15)6-14(12)16)8-19(18-9)11-4-5-17-7-11/h2-3,6,8,11,17H,4-5,7H2,1H3.